The molecule has 2 nitrogen and oxygen atoms in total. The molecule has 21 heavy (non-hydrogen) atoms. The first kappa shape index (κ1) is 13.9. The van der Waals surface area contributed by atoms with Crippen molar-refractivity contribution in [2.75, 3.05) is 0 Å². The summed E-state index contributed by atoms with van der Waals surface area (Å²) >= 11 is 5.93. The molecule has 1 aromatic heterocycles. The topological polar surface area (TPSA) is 22.1 Å². The molecule has 3 aromatic rings. The summed E-state index contributed by atoms with van der Waals surface area (Å²) in [6.45, 7) is 2.05. The number of hydrogen-bond donors (Lipinski definition) is 0. The molecule has 3 rings (SSSR count). The van der Waals surface area contributed by atoms with Gasteiger partial charge in [0.05, 0.1) is 17.1 Å². The summed E-state index contributed by atoms with van der Waals surface area (Å²) in [6.07, 6.45) is -0.0276. The van der Waals surface area contributed by atoms with Gasteiger partial charge in [-0.2, -0.15) is 0 Å². The van der Waals surface area contributed by atoms with Gasteiger partial charge in [-0.15, -0.1) is 11.6 Å². The van der Waals surface area contributed by atoms with Crippen LogP contribution in [0.25, 0.3) is 10.9 Å². The van der Waals surface area contributed by atoms with Gasteiger partial charge in [0.2, 0.25) is 0 Å². The van der Waals surface area contributed by atoms with Crippen LogP contribution in [0.1, 0.15) is 24.3 Å². The predicted octanol–water partition coefficient (Wildman–Crippen LogP) is 5.11. The van der Waals surface area contributed by atoms with E-state index in [1.54, 1.807) is 0 Å². The van der Waals surface area contributed by atoms with Crippen molar-refractivity contribution in [1.82, 2.24) is 4.98 Å². The first-order valence-corrected chi connectivity index (χ1v) is 7.47. The van der Waals surface area contributed by atoms with Crippen LogP contribution < -0.4 is 4.74 Å². The van der Waals surface area contributed by atoms with Crippen LogP contribution in [0.3, 0.4) is 0 Å². The third-order valence-corrected chi connectivity index (χ3v) is 3.71. The molecule has 0 N–H and O–H groups in total. The van der Waals surface area contributed by atoms with Gasteiger partial charge in [0.1, 0.15) is 11.9 Å². The minimum atomic E-state index is -0.0276. The van der Waals surface area contributed by atoms with E-state index in [0.717, 1.165) is 27.9 Å². The molecule has 1 heterocycles. The number of ether oxygens (including phenoxy) is 1. The molecule has 0 spiro atoms. The molecule has 2 aromatic carbocycles. The maximum Gasteiger partial charge on any atom is 0.131 e. The number of nitrogens with zero attached hydrogens (tertiary/aromatic N) is 1. The minimum absolute atomic E-state index is 0.0276. The third-order valence-electron chi connectivity index (χ3n) is 3.44. The summed E-state index contributed by atoms with van der Waals surface area (Å²) in [6, 6.07) is 20.1. The first-order chi connectivity index (χ1) is 10.3. The number of alkyl halides is 1. The Balaban J connectivity index is 1.99. The van der Waals surface area contributed by atoms with Gasteiger partial charge in [-0.05, 0) is 24.6 Å². The zero-order valence-electron chi connectivity index (χ0n) is 11.8. The Bertz CT molecular complexity index is 743. The van der Waals surface area contributed by atoms with E-state index in [4.69, 9.17) is 16.3 Å². The van der Waals surface area contributed by atoms with Crippen LogP contribution in [-0.4, -0.2) is 4.98 Å². The highest BCUT2D eigenvalue weighted by Gasteiger charge is 2.11. The van der Waals surface area contributed by atoms with E-state index >= 15 is 0 Å². The summed E-state index contributed by atoms with van der Waals surface area (Å²) in [5, 5.41) is 1.01. The summed E-state index contributed by atoms with van der Waals surface area (Å²) in [5.74, 6) is 1.20. The standard InChI is InChI=1S/C18H16ClNO/c1-13(14-7-3-2-4-8-14)21-18-11-15(12-19)20-17-10-6-5-9-16(17)18/h2-11,13H,12H2,1H3. The highest BCUT2D eigenvalue weighted by molar-refractivity contribution is 6.17. The lowest BCUT2D eigenvalue weighted by molar-refractivity contribution is 0.229. The summed E-state index contributed by atoms with van der Waals surface area (Å²) in [4.78, 5) is 4.52. The number of benzene rings is 2. The molecule has 0 saturated carbocycles. The van der Waals surface area contributed by atoms with Crippen molar-refractivity contribution in [2.24, 2.45) is 0 Å². The fraction of sp³-hybridized carbons (Fsp3) is 0.167. The van der Waals surface area contributed by atoms with E-state index in [1.807, 2.05) is 55.5 Å². The molecule has 0 amide bonds. The molecule has 1 unspecified atom stereocenters. The fourth-order valence-corrected chi connectivity index (χ4v) is 2.48. The molecule has 0 saturated heterocycles. The van der Waals surface area contributed by atoms with Gasteiger partial charge >= 0.3 is 0 Å². The molecule has 1 atom stereocenters. The lowest BCUT2D eigenvalue weighted by atomic mass is 10.1. The Kier molecular flexibility index (Phi) is 4.07. The van der Waals surface area contributed by atoms with Gasteiger partial charge in [-0.3, -0.25) is 4.98 Å². The predicted molar refractivity (Wildman–Crippen MR) is 86.8 cm³/mol. The summed E-state index contributed by atoms with van der Waals surface area (Å²) < 4.78 is 6.16. The first-order valence-electron chi connectivity index (χ1n) is 6.94. The Morgan fingerprint density at radius 1 is 1.05 bits per heavy atom. The van der Waals surface area contributed by atoms with Crippen LogP contribution in [0.4, 0.5) is 0 Å². The maximum atomic E-state index is 6.16. The van der Waals surface area contributed by atoms with Crippen LogP contribution in [0.2, 0.25) is 0 Å². The number of pyridine rings is 1. The number of para-hydroxylation sites is 1. The number of aromatic nitrogens is 1. The number of rotatable bonds is 4. The van der Waals surface area contributed by atoms with Gasteiger partial charge in [0.25, 0.3) is 0 Å². The number of fused-ring (bicyclic) bond motifs is 1. The SMILES string of the molecule is CC(Oc1cc(CCl)nc2ccccc12)c1ccccc1. The molecule has 0 aliphatic heterocycles. The molecule has 0 fully saturated rings. The van der Waals surface area contributed by atoms with Gasteiger partial charge in [0, 0.05) is 11.5 Å². The van der Waals surface area contributed by atoms with E-state index in [2.05, 4.69) is 17.1 Å². The van der Waals surface area contributed by atoms with Gasteiger partial charge < -0.3 is 4.74 Å². The van der Waals surface area contributed by atoms with Crippen molar-refractivity contribution < 1.29 is 4.74 Å². The molecule has 0 bridgehead atoms. The van der Waals surface area contributed by atoms with E-state index in [0.29, 0.717) is 5.88 Å². The highest BCUT2D eigenvalue weighted by atomic mass is 35.5. The maximum absolute atomic E-state index is 6.16. The van der Waals surface area contributed by atoms with Crippen molar-refractivity contribution in [3.8, 4) is 5.75 Å². The van der Waals surface area contributed by atoms with Gasteiger partial charge in [-0.25, -0.2) is 0 Å². The van der Waals surface area contributed by atoms with E-state index in [-0.39, 0.29) is 6.10 Å². The largest absolute Gasteiger partial charge is 0.485 e. The van der Waals surface area contributed by atoms with Crippen molar-refractivity contribution in [3.63, 3.8) is 0 Å². The van der Waals surface area contributed by atoms with Crippen LogP contribution in [0.15, 0.2) is 60.7 Å². The van der Waals surface area contributed by atoms with E-state index in [1.165, 1.54) is 0 Å². The second-order valence-electron chi connectivity index (χ2n) is 4.93. The molecule has 0 radical (unpaired) electrons. The van der Waals surface area contributed by atoms with Crippen molar-refractivity contribution in [3.05, 3.63) is 71.9 Å². The highest BCUT2D eigenvalue weighted by Crippen LogP contribution is 2.30. The third kappa shape index (κ3) is 3.01. The zero-order chi connectivity index (χ0) is 14.7. The van der Waals surface area contributed by atoms with Crippen LogP contribution in [-0.2, 0) is 5.88 Å². The normalized spacial score (nSPS) is 12.3. The molecule has 106 valence electrons. The lowest BCUT2D eigenvalue weighted by Crippen LogP contribution is -2.04. The average Bonchev–Trinajstić information content (AvgIpc) is 2.55. The summed E-state index contributed by atoms with van der Waals surface area (Å²) in [5.41, 5.74) is 2.88. The second kappa shape index (κ2) is 6.15. The fourth-order valence-electron chi connectivity index (χ4n) is 2.34. The van der Waals surface area contributed by atoms with Gasteiger partial charge in [-0.1, -0.05) is 42.5 Å². The van der Waals surface area contributed by atoms with Crippen LogP contribution in [0.5, 0.6) is 5.75 Å². The second-order valence-corrected chi connectivity index (χ2v) is 5.20. The Morgan fingerprint density at radius 2 is 1.76 bits per heavy atom. The monoisotopic (exact) mass is 297 g/mol. The summed E-state index contributed by atoms with van der Waals surface area (Å²) in [7, 11) is 0. The van der Waals surface area contributed by atoms with Crippen LogP contribution >= 0.6 is 11.6 Å². The zero-order valence-corrected chi connectivity index (χ0v) is 12.5. The number of hydrogen-bond acceptors (Lipinski definition) is 2. The number of halogens is 1. The molecule has 3 heteroatoms. The molecule has 0 aliphatic rings. The molecular formula is C18H16ClNO. The minimum Gasteiger partial charge on any atom is -0.485 e. The van der Waals surface area contributed by atoms with Crippen molar-refractivity contribution in [2.45, 2.75) is 18.9 Å². The van der Waals surface area contributed by atoms with Crippen molar-refractivity contribution >= 4 is 22.5 Å². The average molecular weight is 298 g/mol. The molecular weight excluding hydrogens is 282 g/mol. The van der Waals surface area contributed by atoms with Crippen molar-refractivity contribution in [1.29, 1.82) is 0 Å². The quantitative estimate of drug-likeness (QED) is 0.624. The van der Waals surface area contributed by atoms with E-state index in [9.17, 15) is 0 Å². The Labute approximate surface area is 129 Å². The van der Waals surface area contributed by atoms with Crippen LogP contribution in [0, 0.1) is 0 Å². The smallest absolute Gasteiger partial charge is 0.131 e. The molecule has 0 aliphatic carbocycles. The van der Waals surface area contributed by atoms with Gasteiger partial charge in [0.15, 0.2) is 0 Å². The Morgan fingerprint density at radius 3 is 2.52 bits per heavy atom. The lowest BCUT2D eigenvalue weighted by Gasteiger charge is -2.17. The Hall–Kier alpha value is -2.06. The van der Waals surface area contributed by atoms with E-state index < -0.39 is 0 Å².